The van der Waals surface area contributed by atoms with Gasteiger partial charge in [-0.3, -0.25) is 9.59 Å². The van der Waals surface area contributed by atoms with Gasteiger partial charge in [-0.1, -0.05) is 26.3 Å². The first-order chi connectivity index (χ1) is 15.6. The maximum atomic E-state index is 11.8. The highest BCUT2D eigenvalue weighted by Crippen LogP contribution is 2.05. The highest BCUT2D eigenvalue weighted by molar-refractivity contribution is 5.83. The molecule has 33 heavy (non-hydrogen) atoms. The molecule has 0 saturated carbocycles. The molecule has 0 N–H and O–H groups in total. The molecule has 0 unspecified atom stereocenters. The van der Waals surface area contributed by atoms with Gasteiger partial charge in [0.25, 0.3) is 12.6 Å². The van der Waals surface area contributed by atoms with E-state index >= 15 is 0 Å². The van der Waals surface area contributed by atoms with Crippen LogP contribution in [-0.2, 0) is 57.2 Å². The van der Waals surface area contributed by atoms with Crippen LogP contribution >= 0.6 is 0 Å². The predicted octanol–water partition coefficient (Wildman–Crippen LogP) is 0.812. The molecule has 0 aliphatic carbocycles. The minimum Gasteiger partial charge on any atom is -0.458 e. The van der Waals surface area contributed by atoms with Crippen molar-refractivity contribution in [2.45, 2.75) is 31.8 Å². The predicted molar refractivity (Wildman–Crippen MR) is 109 cm³/mol. The molecule has 0 aromatic rings. The lowest BCUT2D eigenvalue weighted by Crippen LogP contribution is -2.29. The van der Waals surface area contributed by atoms with Gasteiger partial charge in [-0.25, -0.2) is 19.2 Å². The molecule has 0 aliphatic heterocycles. The van der Waals surface area contributed by atoms with Crippen LogP contribution in [0.3, 0.4) is 0 Å². The normalized spacial score (nSPS) is 9.76. The highest BCUT2D eigenvalue weighted by atomic mass is 16.7. The molecule has 0 atom stereocenters. The summed E-state index contributed by atoms with van der Waals surface area (Å²) >= 11 is 0. The Morgan fingerprint density at radius 2 is 0.818 bits per heavy atom. The van der Waals surface area contributed by atoms with Gasteiger partial charge < -0.3 is 28.4 Å². The van der Waals surface area contributed by atoms with Gasteiger partial charge in [0.1, 0.15) is 0 Å². The quantitative estimate of drug-likeness (QED) is 0.136. The molecule has 0 radical (unpaired) electrons. The van der Waals surface area contributed by atoms with Crippen molar-refractivity contribution in [2.24, 2.45) is 0 Å². The first-order valence-corrected chi connectivity index (χ1v) is 9.28. The van der Waals surface area contributed by atoms with E-state index in [1.807, 2.05) is 0 Å². The topological polar surface area (TPSA) is 158 Å². The lowest BCUT2D eigenvalue weighted by Gasteiger charge is -2.17. The van der Waals surface area contributed by atoms with Gasteiger partial charge in [0.05, 0.1) is 0 Å². The Bertz CT molecular complexity index is 674. The fourth-order valence-electron chi connectivity index (χ4n) is 1.74. The molecule has 0 amide bonds. The number of carbonyl (C=O) groups is 6. The van der Waals surface area contributed by atoms with Gasteiger partial charge in [-0.2, -0.15) is 0 Å². The SMILES string of the molecule is C=CC(=O)OC(COC(=O)CCCC(=O)OCC(OC(=O)C=C)OC(=O)C=C)OC(=O)C=C. The molecule has 12 nitrogen and oxygen atoms in total. The molecule has 0 spiro atoms. The molecule has 0 saturated heterocycles. The van der Waals surface area contributed by atoms with Crippen LogP contribution in [0.15, 0.2) is 50.6 Å². The average Bonchev–Trinajstić information content (AvgIpc) is 2.80. The van der Waals surface area contributed by atoms with Crippen molar-refractivity contribution in [1.29, 1.82) is 0 Å². The first-order valence-electron chi connectivity index (χ1n) is 9.28. The van der Waals surface area contributed by atoms with Crippen molar-refractivity contribution in [3.05, 3.63) is 50.6 Å². The Kier molecular flexibility index (Phi) is 14.4. The van der Waals surface area contributed by atoms with E-state index in [-0.39, 0.29) is 19.3 Å². The molecule has 0 heterocycles. The second-order valence-electron chi connectivity index (χ2n) is 5.64. The summed E-state index contributed by atoms with van der Waals surface area (Å²) in [7, 11) is 0. The number of hydrogen-bond donors (Lipinski definition) is 0. The van der Waals surface area contributed by atoms with Crippen LogP contribution in [0.25, 0.3) is 0 Å². The van der Waals surface area contributed by atoms with E-state index in [4.69, 9.17) is 28.4 Å². The van der Waals surface area contributed by atoms with Crippen molar-refractivity contribution >= 4 is 35.8 Å². The van der Waals surface area contributed by atoms with Crippen LogP contribution in [0.2, 0.25) is 0 Å². The van der Waals surface area contributed by atoms with Crippen LogP contribution in [0.1, 0.15) is 19.3 Å². The summed E-state index contributed by atoms with van der Waals surface area (Å²) < 4.78 is 28.5. The smallest absolute Gasteiger partial charge is 0.333 e. The Labute approximate surface area is 189 Å². The molecular formula is C21H24O12. The number of ether oxygens (including phenoxy) is 6. The number of carbonyl (C=O) groups excluding carboxylic acids is 6. The van der Waals surface area contributed by atoms with E-state index in [1.165, 1.54) is 0 Å². The van der Waals surface area contributed by atoms with Crippen molar-refractivity contribution in [1.82, 2.24) is 0 Å². The zero-order chi connectivity index (χ0) is 25.2. The molecular weight excluding hydrogens is 444 g/mol. The molecule has 0 aromatic carbocycles. The van der Waals surface area contributed by atoms with Gasteiger partial charge in [0, 0.05) is 37.1 Å². The van der Waals surface area contributed by atoms with Crippen LogP contribution in [-0.4, -0.2) is 61.6 Å². The summed E-state index contributed by atoms with van der Waals surface area (Å²) in [5.41, 5.74) is 0. The Balaban J connectivity index is 4.44. The van der Waals surface area contributed by atoms with E-state index in [0.29, 0.717) is 0 Å². The van der Waals surface area contributed by atoms with Crippen molar-refractivity contribution in [2.75, 3.05) is 13.2 Å². The monoisotopic (exact) mass is 468 g/mol. The Morgan fingerprint density at radius 3 is 1.06 bits per heavy atom. The third-order valence-corrected chi connectivity index (χ3v) is 3.18. The van der Waals surface area contributed by atoms with Crippen molar-refractivity contribution in [3.8, 4) is 0 Å². The maximum Gasteiger partial charge on any atom is 0.333 e. The number of rotatable bonds is 16. The van der Waals surface area contributed by atoms with Gasteiger partial charge >= 0.3 is 35.8 Å². The second-order valence-corrected chi connectivity index (χ2v) is 5.64. The van der Waals surface area contributed by atoms with Gasteiger partial charge in [0.2, 0.25) is 0 Å². The van der Waals surface area contributed by atoms with Crippen molar-refractivity contribution in [3.63, 3.8) is 0 Å². The summed E-state index contributed by atoms with van der Waals surface area (Å²) in [6, 6.07) is 0. The van der Waals surface area contributed by atoms with Gasteiger partial charge in [-0.15, -0.1) is 0 Å². The zero-order valence-corrected chi connectivity index (χ0v) is 17.7. The zero-order valence-electron chi connectivity index (χ0n) is 17.7. The van der Waals surface area contributed by atoms with Crippen LogP contribution in [0.5, 0.6) is 0 Å². The molecule has 12 heteroatoms. The summed E-state index contributed by atoms with van der Waals surface area (Å²) in [6.45, 7) is 11.6. The Morgan fingerprint density at radius 1 is 0.545 bits per heavy atom. The summed E-state index contributed by atoms with van der Waals surface area (Å²) in [4.78, 5) is 68.5. The molecule has 0 rings (SSSR count). The van der Waals surface area contributed by atoms with Gasteiger partial charge in [0.15, 0.2) is 13.2 Å². The highest BCUT2D eigenvalue weighted by Gasteiger charge is 2.21. The minimum absolute atomic E-state index is 0.00474. The lowest BCUT2D eigenvalue weighted by atomic mass is 10.2. The van der Waals surface area contributed by atoms with Crippen LogP contribution < -0.4 is 0 Å². The molecule has 0 aromatic heterocycles. The molecule has 0 bridgehead atoms. The fraction of sp³-hybridized carbons (Fsp3) is 0.333. The van der Waals surface area contributed by atoms with Crippen LogP contribution in [0.4, 0.5) is 0 Å². The minimum atomic E-state index is -1.51. The van der Waals surface area contributed by atoms with E-state index in [9.17, 15) is 28.8 Å². The van der Waals surface area contributed by atoms with Gasteiger partial charge in [-0.05, 0) is 6.42 Å². The van der Waals surface area contributed by atoms with E-state index < -0.39 is 61.6 Å². The largest absolute Gasteiger partial charge is 0.458 e. The summed E-state index contributed by atoms with van der Waals surface area (Å²) in [5.74, 6) is -5.21. The third-order valence-electron chi connectivity index (χ3n) is 3.18. The molecule has 0 fully saturated rings. The summed E-state index contributed by atoms with van der Waals surface area (Å²) in [6.07, 6.45) is -0.184. The average molecular weight is 468 g/mol. The fourth-order valence-corrected chi connectivity index (χ4v) is 1.74. The van der Waals surface area contributed by atoms with Crippen molar-refractivity contribution < 1.29 is 57.2 Å². The number of esters is 6. The van der Waals surface area contributed by atoms with E-state index in [0.717, 1.165) is 24.3 Å². The first kappa shape index (κ1) is 28.8. The Hall–Kier alpha value is -4.22. The standard InChI is InChI=1S/C21H24O12/c1-5-14(22)30-20(31-15(23)6-2)12-28-18(26)10-9-11-19(27)29-13-21(32-16(24)7-3)33-17(25)8-4/h5-8,20-21H,1-4,9-13H2. The summed E-state index contributed by atoms with van der Waals surface area (Å²) in [5, 5.41) is 0. The molecule has 180 valence electrons. The maximum absolute atomic E-state index is 11.8. The lowest BCUT2D eigenvalue weighted by molar-refractivity contribution is -0.193. The molecule has 0 aliphatic rings. The second kappa shape index (κ2) is 16.5. The third kappa shape index (κ3) is 14.4. The van der Waals surface area contributed by atoms with E-state index in [2.05, 4.69) is 26.3 Å². The number of hydrogen-bond acceptors (Lipinski definition) is 12. The van der Waals surface area contributed by atoms with Crippen LogP contribution in [0, 0.1) is 0 Å². The van der Waals surface area contributed by atoms with E-state index in [1.54, 1.807) is 0 Å².